The first kappa shape index (κ1) is 12.8. The average Bonchev–Trinajstić information content (AvgIpc) is 2.23. The largest absolute Gasteiger partial charge is 0.504 e. The number of imide groups is 1. The van der Waals surface area contributed by atoms with E-state index in [-0.39, 0.29) is 23.5 Å². The second-order valence-corrected chi connectivity index (χ2v) is 3.66. The van der Waals surface area contributed by atoms with E-state index in [1.54, 1.807) is 0 Å². The minimum Gasteiger partial charge on any atom is -0.504 e. The zero-order valence-electron chi connectivity index (χ0n) is 9.36. The standard InChI is InChI=1S/C12H13NO4/c1-7(2)12(17)13-11(16)6-8-3-4-9(14)10(15)5-8/h3-5,14-15H,1,6H2,2H3,(H,13,16,17). The van der Waals surface area contributed by atoms with Gasteiger partial charge in [-0.3, -0.25) is 14.9 Å². The highest BCUT2D eigenvalue weighted by molar-refractivity contribution is 6.03. The predicted molar refractivity (Wildman–Crippen MR) is 61.4 cm³/mol. The molecule has 0 unspecified atom stereocenters. The molecule has 90 valence electrons. The SMILES string of the molecule is C=C(C)C(=O)NC(=O)Cc1ccc(O)c(O)c1. The summed E-state index contributed by atoms with van der Waals surface area (Å²) in [5, 5.41) is 20.4. The lowest BCUT2D eigenvalue weighted by atomic mass is 10.1. The fraction of sp³-hybridized carbons (Fsp3) is 0.167. The van der Waals surface area contributed by atoms with Crippen LogP contribution in [0.3, 0.4) is 0 Å². The highest BCUT2D eigenvalue weighted by Crippen LogP contribution is 2.24. The molecule has 1 aromatic rings. The summed E-state index contributed by atoms with van der Waals surface area (Å²) >= 11 is 0. The van der Waals surface area contributed by atoms with Crippen LogP contribution in [-0.4, -0.2) is 22.0 Å². The molecule has 0 bridgehead atoms. The molecule has 0 radical (unpaired) electrons. The Morgan fingerprint density at radius 2 is 1.94 bits per heavy atom. The number of rotatable bonds is 3. The summed E-state index contributed by atoms with van der Waals surface area (Å²) < 4.78 is 0. The first-order chi connectivity index (χ1) is 7.90. The summed E-state index contributed by atoms with van der Waals surface area (Å²) in [5.74, 6) is -1.59. The maximum atomic E-state index is 11.4. The number of phenols is 2. The van der Waals surface area contributed by atoms with Gasteiger partial charge in [-0.05, 0) is 24.6 Å². The van der Waals surface area contributed by atoms with Crippen molar-refractivity contribution in [2.45, 2.75) is 13.3 Å². The lowest BCUT2D eigenvalue weighted by Gasteiger charge is -2.04. The van der Waals surface area contributed by atoms with Crippen LogP contribution in [-0.2, 0) is 16.0 Å². The van der Waals surface area contributed by atoms with Crippen LogP contribution in [0.15, 0.2) is 30.4 Å². The van der Waals surface area contributed by atoms with E-state index in [4.69, 9.17) is 5.11 Å². The molecule has 0 saturated carbocycles. The lowest BCUT2D eigenvalue weighted by molar-refractivity contribution is -0.128. The Hall–Kier alpha value is -2.30. The summed E-state index contributed by atoms with van der Waals surface area (Å²) in [4.78, 5) is 22.5. The number of hydrogen-bond acceptors (Lipinski definition) is 4. The van der Waals surface area contributed by atoms with Gasteiger partial charge in [-0.25, -0.2) is 0 Å². The van der Waals surface area contributed by atoms with Gasteiger partial charge < -0.3 is 10.2 Å². The van der Waals surface area contributed by atoms with Crippen LogP contribution in [0.1, 0.15) is 12.5 Å². The van der Waals surface area contributed by atoms with Crippen molar-refractivity contribution in [3.63, 3.8) is 0 Å². The number of hydrogen-bond donors (Lipinski definition) is 3. The number of phenolic OH excluding ortho intramolecular Hbond substituents is 2. The monoisotopic (exact) mass is 235 g/mol. The van der Waals surface area contributed by atoms with Crippen molar-refractivity contribution < 1.29 is 19.8 Å². The molecular formula is C12H13NO4. The molecule has 0 fully saturated rings. The Labute approximate surface area is 98.4 Å². The second-order valence-electron chi connectivity index (χ2n) is 3.66. The second kappa shape index (κ2) is 5.16. The zero-order chi connectivity index (χ0) is 13.0. The first-order valence-electron chi connectivity index (χ1n) is 4.90. The molecule has 17 heavy (non-hydrogen) atoms. The van der Waals surface area contributed by atoms with Crippen LogP contribution in [0.5, 0.6) is 11.5 Å². The van der Waals surface area contributed by atoms with Crippen LogP contribution in [0.25, 0.3) is 0 Å². The zero-order valence-corrected chi connectivity index (χ0v) is 9.36. The van der Waals surface area contributed by atoms with Crippen molar-refractivity contribution in [1.29, 1.82) is 0 Å². The number of carbonyl (C=O) groups is 2. The Bertz CT molecular complexity index is 479. The maximum absolute atomic E-state index is 11.4. The summed E-state index contributed by atoms with van der Waals surface area (Å²) in [6, 6.07) is 4.03. The molecule has 0 spiro atoms. The molecular weight excluding hydrogens is 222 g/mol. The van der Waals surface area contributed by atoms with Crippen molar-refractivity contribution in [1.82, 2.24) is 5.32 Å². The molecule has 1 aromatic carbocycles. The molecule has 0 aromatic heterocycles. The van der Waals surface area contributed by atoms with Crippen molar-refractivity contribution in [2.24, 2.45) is 0 Å². The fourth-order valence-electron chi connectivity index (χ4n) is 1.14. The van der Waals surface area contributed by atoms with Gasteiger partial charge in [0.2, 0.25) is 5.91 Å². The smallest absolute Gasteiger partial charge is 0.252 e. The van der Waals surface area contributed by atoms with Gasteiger partial charge in [-0.2, -0.15) is 0 Å². The topological polar surface area (TPSA) is 86.6 Å². The molecule has 0 aliphatic carbocycles. The summed E-state index contributed by atoms with van der Waals surface area (Å²) in [6.07, 6.45) is -0.0626. The Kier molecular flexibility index (Phi) is 3.87. The van der Waals surface area contributed by atoms with E-state index in [1.165, 1.54) is 25.1 Å². The van der Waals surface area contributed by atoms with E-state index < -0.39 is 11.8 Å². The molecule has 5 nitrogen and oxygen atoms in total. The van der Waals surface area contributed by atoms with Crippen LogP contribution >= 0.6 is 0 Å². The molecule has 0 atom stereocenters. The van der Waals surface area contributed by atoms with Crippen molar-refractivity contribution in [3.05, 3.63) is 35.9 Å². The van der Waals surface area contributed by atoms with Crippen molar-refractivity contribution in [2.75, 3.05) is 0 Å². The highest BCUT2D eigenvalue weighted by Gasteiger charge is 2.10. The Morgan fingerprint density at radius 1 is 1.29 bits per heavy atom. The van der Waals surface area contributed by atoms with E-state index in [0.717, 1.165) is 0 Å². The molecule has 0 aliphatic heterocycles. The number of benzene rings is 1. The molecule has 0 heterocycles. The number of amides is 2. The summed E-state index contributed by atoms with van der Waals surface area (Å²) in [5.41, 5.74) is 0.735. The van der Waals surface area contributed by atoms with Gasteiger partial charge >= 0.3 is 0 Å². The molecule has 0 aliphatic rings. The van der Waals surface area contributed by atoms with Crippen LogP contribution in [0.2, 0.25) is 0 Å². The van der Waals surface area contributed by atoms with Gasteiger partial charge in [0, 0.05) is 5.57 Å². The van der Waals surface area contributed by atoms with Crippen molar-refractivity contribution >= 4 is 11.8 Å². The third-order valence-electron chi connectivity index (χ3n) is 2.05. The number of aromatic hydroxyl groups is 2. The van der Waals surface area contributed by atoms with Gasteiger partial charge in [0.25, 0.3) is 5.91 Å². The van der Waals surface area contributed by atoms with Gasteiger partial charge in [0.05, 0.1) is 6.42 Å². The van der Waals surface area contributed by atoms with E-state index in [2.05, 4.69) is 11.9 Å². The Balaban J connectivity index is 2.65. The van der Waals surface area contributed by atoms with E-state index in [9.17, 15) is 14.7 Å². The maximum Gasteiger partial charge on any atom is 0.252 e. The van der Waals surface area contributed by atoms with Gasteiger partial charge in [-0.1, -0.05) is 12.6 Å². The fourth-order valence-corrected chi connectivity index (χ4v) is 1.14. The third-order valence-corrected chi connectivity index (χ3v) is 2.05. The van der Waals surface area contributed by atoms with E-state index in [0.29, 0.717) is 5.56 Å². The molecule has 1 rings (SSSR count). The summed E-state index contributed by atoms with van der Waals surface area (Å²) in [7, 11) is 0. The van der Waals surface area contributed by atoms with E-state index in [1.807, 2.05) is 0 Å². The van der Waals surface area contributed by atoms with Crippen LogP contribution < -0.4 is 5.32 Å². The minimum absolute atomic E-state index is 0.0626. The minimum atomic E-state index is -0.530. The van der Waals surface area contributed by atoms with E-state index >= 15 is 0 Å². The van der Waals surface area contributed by atoms with Crippen LogP contribution in [0.4, 0.5) is 0 Å². The van der Waals surface area contributed by atoms with Crippen LogP contribution in [0, 0.1) is 0 Å². The summed E-state index contributed by atoms with van der Waals surface area (Å²) in [6.45, 7) is 4.90. The first-order valence-corrected chi connectivity index (χ1v) is 4.90. The molecule has 5 heteroatoms. The lowest BCUT2D eigenvalue weighted by Crippen LogP contribution is -2.31. The predicted octanol–water partition coefficient (Wildman–Crippen LogP) is 0.859. The van der Waals surface area contributed by atoms with Gasteiger partial charge in [0.1, 0.15) is 0 Å². The third kappa shape index (κ3) is 3.64. The molecule has 2 amide bonds. The van der Waals surface area contributed by atoms with Crippen molar-refractivity contribution in [3.8, 4) is 11.5 Å². The molecule has 3 N–H and O–H groups in total. The number of nitrogens with one attached hydrogen (secondary N) is 1. The normalized spacial score (nSPS) is 9.71. The highest BCUT2D eigenvalue weighted by atomic mass is 16.3. The van der Waals surface area contributed by atoms with Gasteiger partial charge in [-0.15, -0.1) is 0 Å². The Morgan fingerprint density at radius 3 is 2.47 bits per heavy atom. The molecule has 0 saturated heterocycles. The van der Waals surface area contributed by atoms with Gasteiger partial charge in [0.15, 0.2) is 11.5 Å². The quantitative estimate of drug-likeness (QED) is 0.535. The average molecular weight is 235 g/mol. The number of carbonyl (C=O) groups excluding carboxylic acids is 2.